The first kappa shape index (κ1) is 13.9. The van der Waals surface area contributed by atoms with Gasteiger partial charge in [0.25, 0.3) is 5.60 Å². The molecule has 0 heterocycles. The van der Waals surface area contributed by atoms with Crippen LogP contribution in [0.1, 0.15) is 39.5 Å². The van der Waals surface area contributed by atoms with Gasteiger partial charge in [-0.15, -0.1) is 0 Å². The third kappa shape index (κ3) is 2.92. The summed E-state index contributed by atoms with van der Waals surface area (Å²) in [4.78, 5) is 21.6. The third-order valence-electron chi connectivity index (χ3n) is 2.64. The van der Waals surface area contributed by atoms with Gasteiger partial charge in [0, 0.05) is 5.92 Å². The van der Waals surface area contributed by atoms with Gasteiger partial charge in [0.05, 0.1) is 0 Å². The van der Waals surface area contributed by atoms with E-state index in [2.05, 4.69) is 0 Å². The Morgan fingerprint density at radius 1 is 1.20 bits per heavy atom. The maximum Gasteiger partial charge on any atom is 0.347 e. The molecule has 0 aromatic carbocycles. The van der Waals surface area contributed by atoms with Gasteiger partial charge in [-0.05, 0) is 12.8 Å². The normalized spacial score (nSPS) is 13.5. The number of hydrogen-bond acceptors (Lipinski definition) is 3. The molecule has 3 N–H and O–H groups in total. The maximum absolute atomic E-state index is 10.8. The fourth-order valence-electron chi connectivity index (χ4n) is 1.60. The van der Waals surface area contributed by atoms with Crippen LogP contribution in [0.5, 0.6) is 0 Å². The first-order chi connectivity index (χ1) is 6.91. The smallest absolute Gasteiger partial charge is 0.347 e. The molecule has 1 unspecified atom stereocenters. The highest BCUT2D eigenvalue weighted by Crippen LogP contribution is 2.27. The topological polar surface area (TPSA) is 94.8 Å². The lowest BCUT2D eigenvalue weighted by Crippen LogP contribution is -2.52. The highest BCUT2D eigenvalue weighted by molar-refractivity contribution is 6.01. The fraction of sp³-hybridized carbons (Fsp3) is 0.800. The third-order valence-corrected chi connectivity index (χ3v) is 2.64. The van der Waals surface area contributed by atoms with Crippen molar-refractivity contribution >= 4 is 11.9 Å². The van der Waals surface area contributed by atoms with Gasteiger partial charge < -0.3 is 15.3 Å². The average Bonchev–Trinajstić information content (AvgIpc) is 2.17. The van der Waals surface area contributed by atoms with Gasteiger partial charge >= 0.3 is 11.9 Å². The van der Waals surface area contributed by atoms with E-state index in [4.69, 9.17) is 10.2 Å². The molecule has 0 spiro atoms. The lowest BCUT2D eigenvalue weighted by molar-refractivity contribution is -0.183. The van der Waals surface area contributed by atoms with Gasteiger partial charge in [0.1, 0.15) is 0 Å². The summed E-state index contributed by atoms with van der Waals surface area (Å²) in [7, 11) is 0. The lowest BCUT2D eigenvalue weighted by atomic mass is 9.82. The average molecular weight is 218 g/mol. The first-order valence-corrected chi connectivity index (χ1v) is 5.10. The summed E-state index contributed by atoms with van der Waals surface area (Å²) in [6.07, 6.45) is 2.28. The van der Waals surface area contributed by atoms with Crippen LogP contribution in [0.3, 0.4) is 0 Å². The molecular weight excluding hydrogens is 200 g/mol. The van der Waals surface area contributed by atoms with Gasteiger partial charge in [-0.25, -0.2) is 9.59 Å². The van der Waals surface area contributed by atoms with Crippen LogP contribution in [-0.4, -0.2) is 32.9 Å². The van der Waals surface area contributed by atoms with Crippen LogP contribution < -0.4 is 0 Å². The number of carbonyl (C=O) groups is 2. The molecule has 88 valence electrons. The second kappa shape index (κ2) is 5.70. The molecule has 0 aliphatic heterocycles. The van der Waals surface area contributed by atoms with Crippen molar-refractivity contribution < 1.29 is 24.9 Å². The number of carboxylic acid groups (broad SMARTS) is 2. The monoisotopic (exact) mass is 218 g/mol. The van der Waals surface area contributed by atoms with E-state index < -0.39 is 23.5 Å². The number of aliphatic carboxylic acids is 2. The molecule has 0 bridgehead atoms. The summed E-state index contributed by atoms with van der Waals surface area (Å²) < 4.78 is 0. The van der Waals surface area contributed by atoms with E-state index >= 15 is 0 Å². The van der Waals surface area contributed by atoms with Crippen LogP contribution in [0.15, 0.2) is 0 Å². The molecular formula is C10H18O5. The molecule has 0 aromatic heterocycles. The molecule has 0 aliphatic rings. The Morgan fingerprint density at radius 3 is 1.93 bits per heavy atom. The van der Waals surface area contributed by atoms with E-state index in [-0.39, 0.29) is 0 Å². The van der Waals surface area contributed by atoms with E-state index in [1.165, 1.54) is 0 Å². The number of hydrogen-bond donors (Lipinski definition) is 3. The highest BCUT2D eigenvalue weighted by atomic mass is 16.4. The molecule has 5 nitrogen and oxygen atoms in total. The van der Waals surface area contributed by atoms with Gasteiger partial charge in [-0.2, -0.15) is 0 Å². The molecule has 1 atom stereocenters. The van der Waals surface area contributed by atoms with Crippen molar-refractivity contribution in [3.8, 4) is 0 Å². The molecule has 0 aliphatic carbocycles. The van der Waals surface area contributed by atoms with Crippen molar-refractivity contribution in [1.82, 2.24) is 0 Å². The maximum atomic E-state index is 10.8. The van der Waals surface area contributed by atoms with Crippen LogP contribution in [-0.2, 0) is 9.59 Å². The minimum atomic E-state index is -2.65. The van der Waals surface area contributed by atoms with Gasteiger partial charge in [0.15, 0.2) is 0 Å². The molecule has 0 fully saturated rings. The van der Waals surface area contributed by atoms with E-state index in [0.29, 0.717) is 19.3 Å². The predicted octanol–water partition coefficient (Wildman–Crippen LogP) is 1.10. The predicted molar refractivity (Wildman–Crippen MR) is 53.5 cm³/mol. The number of aliphatic hydroxyl groups is 1. The van der Waals surface area contributed by atoms with Crippen molar-refractivity contribution in [2.24, 2.45) is 5.92 Å². The summed E-state index contributed by atoms with van der Waals surface area (Å²) in [5.74, 6) is -4.11. The van der Waals surface area contributed by atoms with Crippen molar-refractivity contribution in [3.05, 3.63) is 0 Å². The Labute approximate surface area is 88.7 Å². The molecule has 0 saturated carbocycles. The summed E-state index contributed by atoms with van der Waals surface area (Å²) >= 11 is 0. The number of carboxylic acids is 2. The van der Waals surface area contributed by atoms with Crippen LogP contribution in [0.2, 0.25) is 0 Å². The van der Waals surface area contributed by atoms with Crippen molar-refractivity contribution in [2.75, 3.05) is 0 Å². The zero-order valence-corrected chi connectivity index (χ0v) is 9.06. The zero-order chi connectivity index (χ0) is 12.1. The Kier molecular flexibility index (Phi) is 5.28. The Balaban J connectivity index is 4.86. The van der Waals surface area contributed by atoms with Gasteiger partial charge in [0.2, 0.25) is 0 Å². The fourth-order valence-corrected chi connectivity index (χ4v) is 1.60. The molecule has 0 amide bonds. The molecule has 0 radical (unpaired) electrons. The standard InChI is InChI=1S/C10H18O5/c1-3-5-6-7(4-2)10(15,8(11)12)9(13)14/h7,15H,3-6H2,1-2H3,(H,11,12)(H,13,14). The van der Waals surface area contributed by atoms with E-state index in [1.54, 1.807) is 6.92 Å². The van der Waals surface area contributed by atoms with E-state index in [1.807, 2.05) is 6.92 Å². The quantitative estimate of drug-likeness (QED) is 0.556. The van der Waals surface area contributed by atoms with Crippen LogP contribution in [0, 0.1) is 5.92 Å². The number of unbranched alkanes of at least 4 members (excludes halogenated alkanes) is 1. The van der Waals surface area contributed by atoms with Crippen molar-refractivity contribution in [1.29, 1.82) is 0 Å². The SMILES string of the molecule is CCCCC(CC)C(O)(C(=O)O)C(=O)O. The molecule has 5 heteroatoms. The van der Waals surface area contributed by atoms with E-state index in [0.717, 1.165) is 6.42 Å². The Morgan fingerprint density at radius 2 is 1.67 bits per heavy atom. The number of rotatable bonds is 7. The largest absolute Gasteiger partial charge is 0.479 e. The van der Waals surface area contributed by atoms with Crippen molar-refractivity contribution in [2.45, 2.75) is 45.1 Å². The molecule has 15 heavy (non-hydrogen) atoms. The van der Waals surface area contributed by atoms with E-state index in [9.17, 15) is 14.7 Å². The second-order valence-corrected chi connectivity index (χ2v) is 3.62. The molecule has 0 saturated heterocycles. The second-order valence-electron chi connectivity index (χ2n) is 3.62. The summed E-state index contributed by atoms with van der Waals surface area (Å²) in [6.45, 7) is 3.60. The minimum absolute atomic E-state index is 0.328. The minimum Gasteiger partial charge on any atom is -0.479 e. The lowest BCUT2D eigenvalue weighted by Gasteiger charge is -2.27. The van der Waals surface area contributed by atoms with Crippen molar-refractivity contribution in [3.63, 3.8) is 0 Å². The van der Waals surface area contributed by atoms with Crippen LogP contribution in [0.25, 0.3) is 0 Å². The molecule has 0 rings (SSSR count). The summed E-state index contributed by atoms with van der Waals surface area (Å²) in [5, 5.41) is 27.2. The highest BCUT2D eigenvalue weighted by Gasteiger charge is 2.50. The van der Waals surface area contributed by atoms with Crippen LogP contribution in [0.4, 0.5) is 0 Å². The van der Waals surface area contributed by atoms with Crippen LogP contribution >= 0.6 is 0 Å². The van der Waals surface area contributed by atoms with Gasteiger partial charge in [-0.3, -0.25) is 0 Å². The first-order valence-electron chi connectivity index (χ1n) is 5.10. The Hall–Kier alpha value is -1.10. The summed E-state index contributed by atoms with van der Waals surface area (Å²) in [5.41, 5.74) is -2.65. The summed E-state index contributed by atoms with van der Waals surface area (Å²) in [6, 6.07) is 0. The Bertz CT molecular complexity index is 222. The zero-order valence-electron chi connectivity index (χ0n) is 9.06. The molecule has 0 aromatic rings. The van der Waals surface area contributed by atoms with Gasteiger partial charge in [-0.1, -0.05) is 26.7 Å².